The molecule has 3 aromatic rings. The molecule has 0 N–H and O–H groups in total. The molecule has 3 aromatic carbocycles. The van der Waals surface area contributed by atoms with Crippen molar-refractivity contribution in [3.05, 3.63) is 103 Å². The average Bonchev–Trinajstić information content (AvgIpc) is 3.29. The van der Waals surface area contributed by atoms with Gasteiger partial charge in [-0.1, -0.05) is 33.6 Å². The van der Waals surface area contributed by atoms with Crippen LogP contribution in [0.2, 0.25) is 5.02 Å². The first-order valence-electron chi connectivity index (χ1n) is 12.6. The van der Waals surface area contributed by atoms with Crippen molar-refractivity contribution < 1.29 is 9.72 Å². The molecule has 0 aromatic heterocycles. The number of anilines is 2. The number of nitriles is 2. The topological polar surface area (TPSA) is 127 Å². The Morgan fingerprint density at radius 1 is 1.07 bits per heavy atom. The van der Waals surface area contributed by atoms with Crippen molar-refractivity contribution in [2.45, 2.75) is 26.7 Å². The van der Waals surface area contributed by atoms with Crippen LogP contribution < -0.4 is 9.80 Å². The molecule has 0 atom stereocenters. The van der Waals surface area contributed by atoms with Crippen molar-refractivity contribution in [3.63, 3.8) is 0 Å². The van der Waals surface area contributed by atoms with Gasteiger partial charge in [-0.25, -0.2) is 4.99 Å². The number of rotatable bonds is 9. The van der Waals surface area contributed by atoms with E-state index in [-0.39, 0.29) is 27.8 Å². The Morgan fingerprint density at radius 3 is 2.32 bits per heavy atom. The molecule has 0 aliphatic carbocycles. The van der Waals surface area contributed by atoms with E-state index in [4.69, 9.17) is 27.1 Å². The Bertz CT molecular complexity index is 1650. The number of nitro benzene ring substituents is 1. The standard InChI is InChI=1S/C30H24BrClN6O3/c1-19-17-23(36(15-3-13-33)16-4-14-34)9-11-25(19)20(2)28-30(39)37(22-7-5-21(31)6-8-22)29(35-28)26-18-24(38(40)41)10-12-27(26)32/h5-12,17-18H,3-4,15-16H2,1-2H3/b28-20-. The number of hydrogen-bond donors (Lipinski definition) is 0. The van der Waals surface area contributed by atoms with Crippen LogP contribution in [0.4, 0.5) is 17.1 Å². The maximum atomic E-state index is 13.9. The summed E-state index contributed by atoms with van der Waals surface area (Å²) in [6, 6.07) is 21.2. The van der Waals surface area contributed by atoms with Gasteiger partial charge in [-0.3, -0.25) is 19.8 Å². The van der Waals surface area contributed by atoms with E-state index in [1.54, 1.807) is 31.2 Å². The van der Waals surface area contributed by atoms with Crippen LogP contribution in [-0.4, -0.2) is 29.8 Å². The Balaban J connectivity index is 1.83. The van der Waals surface area contributed by atoms with Gasteiger partial charge in [-0.05, 0) is 73.0 Å². The fourth-order valence-electron chi connectivity index (χ4n) is 4.59. The molecule has 1 aliphatic rings. The van der Waals surface area contributed by atoms with Crippen molar-refractivity contribution in [1.82, 2.24) is 0 Å². The van der Waals surface area contributed by atoms with Crippen LogP contribution in [0.3, 0.4) is 0 Å². The highest BCUT2D eigenvalue weighted by atomic mass is 79.9. The van der Waals surface area contributed by atoms with E-state index in [0.717, 1.165) is 21.3 Å². The number of hydrogen-bond acceptors (Lipinski definition) is 7. The third-order valence-corrected chi connectivity index (χ3v) is 7.50. The zero-order valence-electron chi connectivity index (χ0n) is 22.3. The molecule has 0 unspecified atom stereocenters. The van der Waals surface area contributed by atoms with Gasteiger partial charge in [-0.15, -0.1) is 0 Å². The van der Waals surface area contributed by atoms with E-state index < -0.39 is 10.8 Å². The van der Waals surface area contributed by atoms with Gasteiger partial charge < -0.3 is 4.90 Å². The van der Waals surface area contributed by atoms with Crippen molar-refractivity contribution >= 4 is 61.9 Å². The summed E-state index contributed by atoms with van der Waals surface area (Å²) in [6.45, 7) is 4.72. The van der Waals surface area contributed by atoms with Crippen LogP contribution in [0.25, 0.3) is 5.57 Å². The Labute approximate surface area is 250 Å². The fourth-order valence-corrected chi connectivity index (χ4v) is 5.06. The predicted octanol–water partition coefficient (Wildman–Crippen LogP) is 7.18. The lowest BCUT2D eigenvalue weighted by atomic mass is 9.99. The SMILES string of the molecule is C/C(=C1/N=C(c2cc([N+](=O)[O-])ccc2Cl)N(c2ccc(Br)cc2)C1=O)c1ccc(N(CCC#N)CCC#N)cc1C. The van der Waals surface area contributed by atoms with Gasteiger partial charge in [0.25, 0.3) is 11.6 Å². The lowest BCUT2D eigenvalue weighted by Crippen LogP contribution is -2.33. The van der Waals surface area contributed by atoms with Gasteiger partial charge in [-0.2, -0.15) is 10.5 Å². The van der Waals surface area contributed by atoms with E-state index >= 15 is 0 Å². The number of aryl methyl sites for hydroxylation is 1. The highest BCUT2D eigenvalue weighted by Gasteiger charge is 2.35. The molecule has 0 fully saturated rings. The number of nitrogens with zero attached hydrogens (tertiary/aromatic N) is 6. The first-order chi connectivity index (χ1) is 19.7. The van der Waals surface area contributed by atoms with Gasteiger partial charge in [0.1, 0.15) is 11.5 Å². The number of amidine groups is 1. The lowest BCUT2D eigenvalue weighted by molar-refractivity contribution is -0.384. The van der Waals surface area contributed by atoms with Crippen molar-refractivity contribution in [1.29, 1.82) is 10.5 Å². The number of halogens is 2. The number of benzene rings is 3. The van der Waals surface area contributed by atoms with Crippen LogP contribution in [0, 0.1) is 39.7 Å². The Morgan fingerprint density at radius 2 is 1.73 bits per heavy atom. The quantitative estimate of drug-likeness (QED) is 0.140. The second-order valence-corrected chi connectivity index (χ2v) is 10.6. The molecular formula is C30H24BrClN6O3. The molecule has 1 aliphatic heterocycles. The molecule has 206 valence electrons. The predicted molar refractivity (Wildman–Crippen MR) is 163 cm³/mol. The van der Waals surface area contributed by atoms with Crippen LogP contribution >= 0.6 is 27.5 Å². The molecule has 0 bridgehead atoms. The summed E-state index contributed by atoms with van der Waals surface area (Å²) in [7, 11) is 0. The van der Waals surface area contributed by atoms with Crippen LogP contribution in [0.5, 0.6) is 0 Å². The second kappa shape index (κ2) is 12.8. The minimum atomic E-state index is -0.523. The molecule has 0 radical (unpaired) electrons. The molecule has 41 heavy (non-hydrogen) atoms. The Hall–Kier alpha value is -4.51. The molecule has 1 amide bonds. The molecule has 0 saturated carbocycles. The van der Waals surface area contributed by atoms with Gasteiger partial charge in [0.2, 0.25) is 0 Å². The first-order valence-corrected chi connectivity index (χ1v) is 13.8. The van der Waals surface area contributed by atoms with E-state index in [1.165, 1.54) is 23.1 Å². The van der Waals surface area contributed by atoms with Crippen LogP contribution in [-0.2, 0) is 4.79 Å². The second-order valence-electron chi connectivity index (χ2n) is 9.25. The van der Waals surface area contributed by atoms with Gasteiger partial charge in [0.05, 0.1) is 40.6 Å². The normalized spacial score (nSPS) is 13.9. The number of allylic oxidation sites excluding steroid dienone is 1. The maximum absolute atomic E-state index is 13.9. The van der Waals surface area contributed by atoms with Crippen molar-refractivity contribution in [2.24, 2.45) is 4.99 Å². The third kappa shape index (κ3) is 6.30. The van der Waals surface area contributed by atoms with Crippen LogP contribution in [0.15, 0.2) is 75.8 Å². The minimum absolute atomic E-state index is 0.173. The summed E-state index contributed by atoms with van der Waals surface area (Å²) in [5, 5.41) is 29.8. The third-order valence-electron chi connectivity index (χ3n) is 6.64. The lowest BCUT2D eigenvalue weighted by Gasteiger charge is -2.24. The monoisotopic (exact) mass is 630 g/mol. The summed E-state index contributed by atoms with van der Waals surface area (Å²) >= 11 is 9.89. The summed E-state index contributed by atoms with van der Waals surface area (Å²) in [5.74, 6) is -0.204. The summed E-state index contributed by atoms with van der Waals surface area (Å²) < 4.78 is 0.820. The van der Waals surface area contributed by atoms with Gasteiger partial charge >= 0.3 is 0 Å². The number of carbonyl (C=O) groups is 1. The van der Waals surface area contributed by atoms with E-state index in [1.807, 2.05) is 30.0 Å². The molecule has 9 nitrogen and oxygen atoms in total. The summed E-state index contributed by atoms with van der Waals surface area (Å²) in [5.41, 5.74) is 3.97. The number of nitro groups is 1. The number of non-ortho nitro benzene ring substituents is 1. The molecule has 11 heteroatoms. The van der Waals surface area contributed by atoms with Gasteiger partial charge in [0, 0.05) is 40.9 Å². The Kier molecular flexibility index (Phi) is 9.18. The zero-order valence-corrected chi connectivity index (χ0v) is 24.6. The van der Waals surface area contributed by atoms with Crippen LogP contribution in [0.1, 0.15) is 36.5 Å². The fraction of sp³-hybridized carbons (Fsp3) is 0.200. The largest absolute Gasteiger partial charge is 0.369 e. The van der Waals surface area contributed by atoms with Gasteiger partial charge in [0.15, 0.2) is 0 Å². The summed E-state index contributed by atoms with van der Waals surface area (Å²) in [6.07, 6.45) is 0.654. The summed E-state index contributed by atoms with van der Waals surface area (Å²) in [4.78, 5) is 33.0. The maximum Gasteiger partial charge on any atom is 0.283 e. The molecule has 1 heterocycles. The first kappa shape index (κ1) is 29.5. The highest BCUT2D eigenvalue weighted by molar-refractivity contribution is 9.10. The number of carbonyl (C=O) groups excluding carboxylic acids is 1. The average molecular weight is 632 g/mol. The highest BCUT2D eigenvalue weighted by Crippen LogP contribution is 2.36. The molecule has 0 spiro atoms. The zero-order chi connectivity index (χ0) is 29.7. The molecular weight excluding hydrogens is 608 g/mol. The molecule has 4 rings (SSSR count). The van der Waals surface area contributed by atoms with Crippen molar-refractivity contribution in [3.8, 4) is 12.1 Å². The number of amides is 1. The smallest absolute Gasteiger partial charge is 0.283 e. The minimum Gasteiger partial charge on any atom is -0.369 e. The molecule has 0 saturated heterocycles. The van der Waals surface area contributed by atoms with E-state index in [2.05, 4.69) is 28.1 Å². The van der Waals surface area contributed by atoms with E-state index in [0.29, 0.717) is 37.2 Å². The van der Waals surface area contributed by atoms with E-state index in [9.17, 15) is 14.9 Å². The van der Waals surface area contributed by atoms with Crippen molar-refractivity contribution in [2.75, 3.05) is 22.9 Å². The number of aliphatic imine (C=N–C) groups is 1.